The monoisotopic (exact) mass is 478 g/mol. The average Bonchev–Trinajstić information content (AvgIpc) is 3.25. The second kappa shape index (κ2) is 9.03. The summed E-state index contributed by atoms with van der Waals surface area (Å²) in [6.07, 6.45) is -0.902. The number of aliphatic hydroxyl groups excluding tert-OH is 1. The lowest BCUT2D eigenvalue weighted by molar-refractivity contribution is -0.106. The Labute approximate surface area is 196 Å². The zero-order valence-electron chi connectivity index (χ0n) is 19.0. The minimum absolute atomic E-state index is 0.0645. The SMILES string of the molecule is COc1cc(C(O)N2CCC3(c4cccc(F)c4)OCOC3C2)ccc1NCC1CC(F)(F)C1. The Bertz CT molecular complexity index is 1030. The quantitative estimate of drug-likeness (QED) is 0.620. The number of likely N-dealkylation sites (tertiary alicyclic amines) is 1. The largest absolute Gasteiger partial charge is 0.495 e. The van der Waals surface area contributed by atoms with E-state index in [0.717, 1.165) is 5.56 Å². The molecule has 2 N–H and O–H groups in total. The van der Waals surface area contributed by atoms with Crippen LogP contribution in [0.2, 0.25) is 0 Å². The summed E-state index contributed by atoms with van der Waals surface area (Å²) in [5.41, 5.74) is 1.35. The lowest BCUT2D eigenvalue weighted by Crippen LogP contribution is -2.52. The number of nitrogens with zero attached hydrogens (tertiary/aromatic N) is 1. The topological polar surface area (TPSA) is 63.2 Å². The van der Waals surface area contributed by atoms with Crippen molar-refractivity contribution in [2.24, 2.45) is 5.92 Å². The van der Waals surface area contributed by atoms with Crippen molar-refractivity contribution in [3.8, 4) is 5.75 Å². The molecule has 2 aliphatic heterocycles. The normalized spacial score (nSPS) is 27.6. The zero-order valence-corrected chi connectivity index (χ0v) is 19.0. The van der Waals surface area contributed by atoms with Gasteiger partial charge < -0.3 is 24.6 Å². The molecule has 184 valence electrons. The molecule has 34 heavy (non-hydrogen) atoms. The molecule has 5 rings (SSSR count). The molecular weight excluding hydrogens is 449 g/mol. The summed E-state index contributed by atoms with van der Waals surface area (Å²) in [4.78, 5) is 1.90. The highest BCUT2D eigenvalue weighted by atomic mass is 19.3. The molecule has 2 heterocycles. The van der Waals surface area contributed by atoms with Crippen LogP contribution in [-0.4, -0.2) is 55.6 Å². The minimum Gasteiger partial charge on any atom is -0.495 e. The molecule has 3 fully saturated rings. The van der Waals surface area contributed by atoms with Crippen molar-refractivity contribution in [2.75, 3.05) is 38.9 Å². The highest BCUT2D eigenvalue weighted by Crippen LogP contribution is 2.45. The van der Waals surface area contributed by atoms with E-state index < -0.39 is 17.8 Å². The minimum atomic E-state index is -2.54. The van der Waals surface area contributed by atoms with Crippen LogP contribution in [0, 0.1) is 11.7 Å². The van der Waals surface area contributed by atoms with Crippen molar-refractivity contribution in [1.29, 1.82) is 0 Å². The molecule has 0 amide bonds. The van der Waals surface area contributed by atoms with Gasteiger partial charge in [-0.25, -0.2) is 13.2 Å². The van der Waals surface area contributed by atoms with Crippen LogP contribution >= 0.6 is 0 Å². The third-order valence-electron chi connectivity index (χ3n) is 7.22. The van der Waals surface area contributed by atoms with Gasteiger partial charge in [0.1, 0.15) is 36.3 Å². The maximum Gasteiger partial charge on any atom is 0.248 e. The molecular formula is C25H29F3N2O4. The molecule has 1 saturated carbocycles. The fraction of sp³-hybridized carbons (Fsp3) is 0.520. The van der Waals surface area contributed by atoms with Gasteiger partial charge in [0.05, 0.1) is 12.8 Å². The van der Waals surface area contributed by atoms with Gasteiger partial charge in [-0.05, 0) is 47.7 Å². The van der Waals surface area contributed by atoms with Gasteiger partial charge in [0, 0.05) is 32.5 Å². The van der Waals surface area contributed by atoms with Crippen molar-refractivity contribution < 1.29 is 32.5 Å². The number of halogens is 3. The number of fused-ring (bicyclic) bond motifs is 1. The molecule has 3 atom stereocenters. The second-order valence-corrected chi connectivity index (χ2v) is 9.41. The third-order valence-corrected chi connectivity index (χ3v) is 7.22. The summed E-state index contributed by atoms with van der Waals surface area (Å²) < 4.78 is 57.3. The molecule has 0 spiro atoms. The van der Waals surface area contributed by atoms with Crippen molar-refractivity contribution in [2.45, 2.75) is 43.1 Å². The van der Waals surface area contributed by atoms with E-state index >= 15 is 0 Å². The van der Waals surface area contributed by atoms with Crippen LogP contribution in [0.25, 0.3) is 0 Å². The van der Waals surface area contributed by atoms with Crippen molar-refractivity contribution >= 4 is 5.69 Å². The molecule has 2 saturated heterocycles. The lowest BCUT2D eigenvalue weighted by Gasteiger charge is -2.43. The van der Waals surface area contributed by atoms with Gasteiger partial charge in [0.2, 0.25) is 5.92 Å². The summed E-state index contributed by atoms with van der Waals surface area (Å²) in [6, 6.07) is 11.7. The molecule has 0 radical (unpaired) electrons. The van der Waals surface area contributed by atoms with Crippen LogP contribution in [0.3, 0.4) is 0 Å². The van der Waals surface area contributed by atoms with Gasteiger partial charge in [0.25, 0.3) is 0 Å². The number of nitrogens with one attached hydrogen (secondary N) is 1. The number of aliphatic hydroxyl groups is 1. The summed E-state index contributed by atoms with van der Waals surface area (Å²) in [6.45, 7) is 1.50. The first-order valence-corrected chi connectivity index (χ1v) is 11.5. The van der Waals surface area contributed by atoms with Gasteiger partial charge in [-0.2, -0.15) is 0 Å². The number of hydrogen-bond acceptors (Lipinski definition) is 6. The Morgan fingerprint density at radius 3 is 2.79 bits per heavy atom. The number of anilines is 1. The van der Waals surface area contributed by atoms with E-state index in [-0.39, 0.29) is 37.5 Å². The van der Waals surface area contributed by atoms with E-state index in [1.54, 1.807) is 24.3 Å². The maximum absolute atomic E-state index is 13.9. The Morgan fingerprint density at radius 1 is 1.24 bits per heavy atom. The smallest absolute Gasteiger partial charge is 0.248 e. The summed E-state index contributed by atoms with van der Waals surface area (Å²) in [5, 5.41) is 14.3. The number of rotatable bonds is 7. The van der Waals surface area contributed by atoms with Crippen LogP contribution in [0.4, 0.5) is 18.9 Å². The van der Waals surface area contributed by atoms with E-state index in [1.807, 2.05) is 11.0 Å². The Hall–Kier alpha value is -2.33. The molecule has 0 bridgehead atoms. The fourth-order valence-corrected chi connectivity index (χ4v) is 5.29. The summed E-state index contributed by atoms with van der Waals surface area (Å²) in [7, 11) is 1.53. The van der Waals surface area contributed by atoms with Gasteiger partial charge in [-0.3, -0.25) is 4.90 Å². The third kappa shape index (κ3) is 4.37. The highest BCUT2D eigenvalue weighted by Gasteiger charge is 2.51. The van der Waals surface area contributed by atoms with E-state index in [2.05, 4.69) is 5.32 Å². The second-order valence-electron chi connectivity index (χ2n) is 9.41. The lowest BCUT2D eigenvalue weighted by atomic mass is 9.81. The highest BCUT2D eigenvalue weighted by molar-refractivity contribution is 5.58. The predicted octanol–water partition coefficient (Wildman–Crippen LogP) is 4.26. The van der Waals surface area contributed by atoms with Crippen LogP contribution in [-0.2, 0) is 15.1 Å². The maximum atomic E-state index is 13.9. The van der Waals surface area contributed by atoms with Crippen LogP contribution < -0.4 is 10.1 Å². The Balaban J connectivity index is 1.26. The van der Waals surface area contributed by atoms with Gasteiger partial charge >= 0.3 is 0 Å². The molecule has 1 aliphatic carbocycles. The van der Waals surface area contributed by atoms with E-state index in [4.69, 9.17) is 14.2 Å². The van der Waals surface area contributed by atoms with Crippen molar-refractivity contribution in [1.82, 2.24) is 4.90 Å². The van der Waals surface area contributed by atoms with Crippen molar-refractivity contribution in [3.05, 3.63) is 59.4 Å². The fourth-order valence-electron chi connectivity index (χ4n) is 5.29. The van der Waals surface area contributed by atoms with E-state index in [1.165, 1.54) is 19.2 Å². The number of benzene rings is 2. The van der Waals surface area contributed by atoms with Gasteiger partial charge in [0.15, 0.2) is 0 Å². The molecule has 9 heteroatoms. The molecule has 2 aromatic rings. The Morgan fingerprint density at radius 2 is 2.06 bits per heavy atom. The van der Waals surface area contributed by atoms with E-state index in [0.29, 0.717) is 43.1 Å². The number of ether oxygens (including phenoxy) is 3. The number of hydrogen-bond donors (Lipinski definition) is 2. The van der Waals surface area contributed by atoms with Crippen molar-refractivity contribution in [3.63, 3.8) is 0 Å². The summed E-state index contributed by atoms with van der Waals surface area (Å²) in [5.74, 6) is -2.39. The van der Waals surface area contributed by atoms with Gasteiger partial charge in [-0.1, -0.05) is 18.2 Å². The molecule has 6 nitrogen and oxygen atoms in total. The number of piperidine rings is 1. The number of methoxy groups -OCH3 is 1. The molecule has 3 unspecified atom stereocenters. The van der Waals surface area contributed by atoms with Crippen LogP contribution in [0.15, 0.2) is 42.5 Å². The molecule has 2 aromatic carbocycles. The first kappa shape index (κ1) is 23.4. The predicted molar refractivity (Wildman–Crippen MR) is 119 cm³/mol. The van der Waals surface area contributed by atoms with E-state index in [9.17, 15) is 18.3 Å². The number of alkyl halides is 2. The van der Waals surface area contributed by atoms with Crippen LogP contribution in [0.1, 0.15) is 36.6 Å². The Kier molecular flexibility index (Phi) is 6.22. The van der Waals surface area contributed by atoms with Crippen LogP contribution in [0.5, 0.6) is 5.75 Å². The first-order chi connectivity index (χ1) is 16.3. The first-order valence-electron chi connectivity index (χ1n) is 11.5. The average molecular weight is 479 g/mol. The zero-order chi connectivity index (χ0) is 23.9. The standard InChI is InChI=1S/C25H29F3N2O4/c1-32-21-9-17(5-6-20(21)29-13-16-11-24(27,28)12-16)23(31)30-8-7-25(22(14-30)33-15-34-25)18-3-2-4-19(26)10-18/h2-6,9-10,16,22-23,29,31H,7-8,11-15H2,1H3. The molecule has 0 aromatic heterocycles. The van der Waals surface area contributed by atoms with Gasteiger partial charge in [-0.15, -0.1) is 0 Å². The molecule has 3 aliphatic rings. The summed E-state index contributed by atoms with van der Waals surface area (Å²) >= 11 is 0.